The molecule has 1 saturated heterocycles. The van der Waals surface area contributed by atoms with Crippen LogP contribution >= 0.6 is 0 Å². The Bertz CT molecular complexity index is 601. The minimum atomic E-state index is -0.343. The fraction of sp³-hybridized carbons (Fsp3) is 0.471. The summed E-state index contributed by atoms with van der Waals surface area (Å²) in [6, 6.07) is 7.79. The number of anilines is 1. The monoisotopic (exact) mass is 317 g/mol. The third-order valence-corrected chi connectivity index (χ3v) is 3.96. The molecule has 1 unspecified atom stereocenters. The van der Waals surface area contributed by atoms with E-state index in [1.54, 1.807) is 4.90 Å². The summed E-state index contributed by atoms with van der Waals surface area (Å²) in [6.45, 7) is 4.65. The van der Waals surface area contributed by atoms with Crippen LogP contribution in [0.2, 0.25) is 0 Å². The van der Waals surface area contributed by atoms with Gasteiger partial charge in [-0.05, 0) is 18.1 Å². The van der Waals surface area contributed by atoms with Gasteiger partial charge in [-0.3, -0.25) is 14.4 Å². The Morgan fingerprint density at radius 3 is 2.61 bits per heavy atom. The van der Waals surface area contributed by atoms with Crippen molar-refractivity contribution in [2.45, 2.75) is 26.7 Å². The van der Waals surface area contributed by atoms with Crippen LogP contribution in [0.15, 0.2) is 24.3 Å². The highest BCUT2D eigenvalue weighted by Crippen LogP contribution is 2.28. The zero-order valence-corrected chi connectivity index (χ0v) is 13.6. The molecule has 1 aromatic rings. The average molecular weight is 317 g/mol. The summed E-state index contributed by atoms with van der Waals surface area (Å²) < 4.78 is 0. The SMILES string of the molecule is CCc1ccccc1N1CC(C(=O)NCCNC(C)=O)CC1=O. The van der Waals surface area contributed by atoms with Gasteiger partial charge in [-0.15, -0.1) is 0 Å². The molecule has 2 N–H and O–H groups in total. The van der Waals surface area contributed by atoms with Crippen LogP contribution in [-0.4, -0.2) is 37.4 Å². The lowest BCUT2D eigenvalue weighted by atomic mass is 10.1. The maximum Gasteiger partial charge on any atom is 0.227 e. The molecular weight excluding hydrogens is 294 g/mol. The molecule has 0 aromatic heterocycles. The fourth-order valence-electron chi connectivity index (χ4n) is 2.76. The van der Waals surface area contributed by atoms with Crippen LogP contribution in [0.4, 0.5) is 5.69 Å². The maximum atomic E-state index is 12.3. The molecule has 0 radical (unpaired) electrons. The van der Waals surface area contributed by atoms with Crippen LogP contribution in [0.1, 0.15) is 25.8 Å². The molecule has 1 heterocycles. The maximum absolute atomic E-state index is 12.3. The fourth-order valence-corrected chi connectivity index (χ4v) is 2.76. The van der Waals surface area contributed by atoms with E-state index in [0.717, 1.165) is 17.7 Å². The van der Waals surface area contributed by atoms with Crippen molar-refractivity contribution in [3.63, 3.8) is 0 Å². The third kappa shape index (κ3) is 4.31. The molecule has 1 aliphatic heterocycles. The van der Waals surface area contributed by atoms with Crippen molar-refractivity contribution >= 4 is 23.4 Å². The summed E-state index contributed by atoms with van der Waals surface area (Å²) in [4.78, 5) is 36.9. The first-order valence-electron chi connectivity index (χ1n) is 7.93. The van der Waals surface area contributed by atoms with Gasteiger partial charge in [-0.2, -0.15) is 0 Å². The number of aryl methyl sites for hydroxylation is 1. The highest BCUT2D eigenvalue weighted by molar-refractivity contribution is 6.00. The molecule has 1 fully saturated rings. The van der Waals surface area contributed by atoms with Gasteiger partial charge in [-0.25, -0.2) is 0 Å². The topological polar surface area (TPSA) is 78.5 Å². The molecule has 0 bridgehead atoms. The van der Waals surface area contributed by atoms with Crippen molar-refractivity contribution in [3.8, 4) is 0 Å². The van der Waals surface area contributed by atoms with E-state index in [2.05, 4.69) is 10.6 Å². The second-order valence-electron chi connectivity index (χ2n) is 5.66. The molecule has 6 heteroatoms. The van der Waals surface area contributed by atoms with Crippen molar-refractivity contribution in [3.05, 3.63) is 29.8 Å². The van der Waals surface area contributed by atoms with Gasteiger partial charge in [-0.1, -0.05) is 25.1 Å². The van der Waals surface area contributed by atoms with Gasteiger partial charge in [0.1, 0.15) is 0 Å². The van der Waals surface area contributed by atoms with Crippen molar-refractivity contribution in [1.82, 2.24) is 10.6 Å². The number of carbonyl (C=O) groups is 3. The molecule has 1 aromatic carbocycles. The first-order valence-corrected chi connectivity index (χ1v) is 7.93. The van der Waals surface area contributed by atoms with Crippen LogP contribution < -0.4 is 15.5 Å². The second-order valence-corrected chi connectivity index (χ2v) is 5.66. The third-order valence-electron chi connectivity index (χ3n) is 3.96. The van der Waals surface area contributed by atoms with Crippen molar-refractivity contribution in [1.29, 1.82) is 0 Å². The van der Waals surface area contributed by atoms with Crippen LogP contribution in [0.25, 0.3) is 0 Å². The van der Waals surface area contributed by atoms with Gasteiger partial charge in [0.05, 0.1) is 5.92 Å². The molecule has 1 atom stereocenters. The standard InChI is InChI=1S/C17H23N3O3/c1-3-13-6-4-5-7-15(13)20-11-14(10-16(20)22)17(23)19-9-8-18-12(2)21/h4-7,14H,3,8-11H2,1-2H3,(H,18,21)(H,19,23). The van der Waals surface area contributed by atoms with Crippen molar-refractivity contribution in [2.24, 2.45) is 5.92 Å². The number of hydrogen-bond acceptors (Lipinski definition) is 3. The molecule has 0 aliphatic carbocycles. The Balaban J connectivity index is 1.94. The molecule has 23 heavy (non-hydrogen) atoms. The molecule has 2 rings (SSSR count). The zero-order valence-electron chi connectivity index (χ0n) is 13.6. The Morgan fingerprint density at radius 1 is 1.22 bits per heavy atom. The summed E-state index contributed by atoms with van der Waals surface area (Å²) in [5, 5.41) is 5.39. The van der Waals surface area contributed by atoms with E-state index in [1.807, 2.05) is 31.2 Å². The lowest BCUT2D eigenvalue weighted by Gasteiger charge is -2.20. The van der Waals surface area contributed by atoms with E-state index in [4.69, 9.17) is 0 Å². The smallest absolute Gasteiger partial charge is 0.227 e. The van der Waals surface area contributed by atoms with Gasteiger partial charge in [0.2, 0.25) is 17.7 Å². The lowest BCUT2D eigenvalue weighted by Crippen LogP contribution is -2.38. The molecule has 1 aliphatic rings. The number of nitrogens with one attached hydrogen (secondary N) is 2. The van der Waals surface area contributed by atoms with Gasteiger partial charge in [0.25, 0.3) is 0 Å². The van der Waals surface area contributed by atoms with Gasteiger partial charge < -0.3 is 15.5 Å². The second kappa shape index (κ2) is 7.76. The van der Waals surface area contributed by atoms with Crippen LogP contribution in [0.5, 0.6) is 0 Å². The van der Waals surface area contributed by atoms with Gasteiger partial charge in [0, 0.05) is 38.7 Å². The largest absolute Gasteiger partial charge is 0.355 e. The van der Waals surface area contributed by atoms with E-state index < -0.39 is 0 Å². The highest BCUT2D eigenvalue weighted by atomic mass is 16.2. The lowest BCUT2D eigenvalue weighted by molar-refractivity contribution is -0.126. The Kier molecular flexibility index (Phi) is 5.73. The highest BCUT2D eigenvalue weighted by Gasteiger charge is 2.35. The summed E-state index contributed by atoms with van der Waals surface area (Å²) in [5.41, 5.74) is 2.00. The number of para-hydroxylation sites is 1. The van der Waals surface area contributed by atoms with E-state index in [-0.39, 0.29) is 30.1 Å². The minimum absolute atomic E-state index is 0.0205. The summed E-state index contributed by atoms with van der Waals surface area (Å²) in [5.74, 6) is -0.629. The van der Waals surface area contributed by atoms with Crippen LogP contribution in [-0.2, 0) is 20.8 Å². The predicted molar refractivity (Wildman–Crippen MR) is 88.0 cm³/mol. The quantitative estimate of drug-likeness (QED) is 0.764. The normalized spacial score (nSPS) is 17.2. The number of hydrogen-bond donors (Lipinski definition) is 2. The van der Waals surface area contributed by atoms with Gasteiger partial charge in [0.15, 0.2) is 0 Å². The Hall–Kier alpha value is -2.37. The minimum Gasteiger partial charge on any atom is -0.355 e. The molecular formula is C17H23N3O3. The Labute approximate surface area is 136 Å². The predicted octanol–water partition coefficient (Wildman–Crippen LogP) is 0.854. The van der Waals surface area contributed by atoms with E-state index in [9.17, 15) is 14.4 Å². The number of rotatable bonds is 6. The first-order chi connectivity index (χ1) is 11.0. The van der Waals surface area contributed by atoms with E-state index in [0.29, 0.717) is 19.6 Å². The number of benzene rings is 1. The summed E-state index contributed by atoms with van der Waals surface area (Å²) in [6.07, 6.45) is 1.07. The number of amides is 3. The first kappa shape index (κ1) is 17.0. The van der Waals surface area contributed by atoms with E-state index >= 15 is 0 Å². The van der Waals surface area contributed by atoms with Crippen LogP contribution in [0, 0.1) is 5.92 Å². The summed E-state index contributed by atoms with van der Waals surface area (Å²) >= 11 is 0. The average Bonchev–Trinajstić information content (AvgIpc) is 2.93. The van der Waals surface area contributed by atoms with Crippen molar-refractivity contribution in [2.75, 3.05) is 24.5 Å². The molecule has 6 nitrogen and oxygen atoms in total. The summed E-state index contributed by atoms with van der Waals surface area (Å²) in [7, 11) is 0. The van der Waals surface area contributed by atoms with Crippen LogP contribution in [0.3, 0.4) is 0 Å². The molecule has 124 valence electrons. The number of nitrogens with zero attached hydrogens (tertiary/aromatic N) is 1. The van der Waals surface area contributed by atoms with Gasteiger partial charge >= 0.3 is 0 Å². The van der Waals surface area contributed by atoms with E-state index in [1.165, 1.54) is 6.92 Å². The molecule has 3 amide bonds. The molecule has 0 saturated carbocycles. The zero-order chi connectivity index (χ0) is 16.8. The number of carbonyl (C=O) groups excluding carboxylic acids is 3. The van der Waals surface area contributed by atoms with Crippen molar-refractivity contribution < 1.29 is 14.4 Å². The Morgan fingerprint density at radius 2 is 1.91 bits per heavy atom. The molecule has 0 spiro atoms.